The topological polar surface area (TPSA) is 73.8 Å². The van der Waals surface area contributed by atoms with E-state index in [1.807, 2.05) is 11.0 Å². The van der Waals surface area contributed by atoms with Gasteiger partial charge in [-0.2, -0.15) is 26.3 Å². The molecule has 35 heavy (non-hydrogen) atoms. The molecule has 0 radical (unpaired) electrons. The van der Waals surface area contributed by atoms with E-state index in [1.54, 1.807) is 0 Å². The molecule has 1 N–H and O–H groups in total. The Kier molecular flexibility index (Phi) is 6.92. The van der Waals surface area contributed by atoms with Gasteiger partial charge in [-0.05, 0) is 18.2 Å². The molecule has 2 aliphatic heterocycles. The average molecular weight is 504 g/mol. The maximum atomic E-state index is 13.1. The highest BCUT2D eigenvalue weighted by atomic mass is 19.4. The molecular weight excluding hydrogens is 482 g/mol. The number of nitrogens with zero attached hydrogens (tertiary/aromatic N) is 5. The number of aromatic nitrogens is 2. The Labute approximate surface area is 196 Å². The van der Waals surface area contributed by atoms with E-state index in [0.29, 0.717) is 57.3 Å². The van der Waals surface area contributed by atoms with E-state index in [0.717, 1.165) is 5.82 Å². The summed E-state index contributed by atoms with van der Waals surface area (Å²) in [6.07, 6.45) is -8.54. The van der Waals surface area contributed by atoms with Crippen LogP contribution in [0.4, 0.5) is 48.5 Å². The van der Waals surface area contributed by atoms with Crippen LogP contribution >= 0.6 is 0 Å². The van der Waals surface area contributed by atoms with Gasteiger partial charge < -0.3 is 24.8 Å². The van der Waals surface area contributed by atoms with Crippen molar-refractivity contribution in [2.24, 2.45) is 0 Å². The van der Waals surface area contributed by atoms with Gasteiger partial charge in [-0.3, -0.25) is 0 Å². The Balaban J connectivity index is 1.40. The molecular formula is C21H22F6N6O2. The third-order valence-electron chi connectivity index (χ3n) is 5.70. The van der Waals surface area contributed by atoms with Crippen molar-refractivity contribution >= 4 is 23.4 Å². The predicted molar refractivity (Wildman–Crippen MR) is 114 cm³/mol. The fourth-order valence-corrected chi connectivity index (χ4v) is 3.84. The SMILES string of the molecule is O=C(Nc1cc(C(F)(F)F)cc(C(F)(F)F)c1)N1CCN(c2cc(N3CCOCC3)ncn2)CC1. The van der Waals surface area contributed by atoms with Gasteiger partial charge in [-0.25, -0.2) is 14.8 Å². The third kappa shape index (κ3) is 6.05. The Morgan fingerprint density at radius 1 is 0.771 bits per heavy atom. The van der Waals surface area contributed by atoms with Gasteiger partial charge in [0.2, 0.25) is 0 Å². The maximum absolute atomic E-state index is 13.1. The molecule has 2 fully saturated rings. The maximum Gasteiger partial charge on any atom is 0.416 e. The second-order valence-electron chi connectivity index (χ2n) is 8.03. The summed E-state index contributed by atoms with van der Waals surface area (Å²) in [5, 5.41) is 2.17. The summed E-state index contributed by atoms with van der Waals surface area (Å²) in [6.45, 7) is 3.77. The van der Waals surface area contributed by atoms with Gasteiger partial charge in [0.05, 0.1) is 24.3 Å². The number of hydrogen-bond donors (Lipinski definition) is 1. The zero-order valence-electron chi connectivity index (χ0n) is 18.4. The number of carbonyl (C=O) groups excluding carboxylic acids is 1. The lowest BCUT2D eigenvalue weighted by molar-refractivity contribution is -0.143. The van der Waals surface area contributed by atoms with E-state index >= 15 is 0 Å². The van der Waals surface area contributed by atoms with E-state index in [-0.39, 0.29) is 19.2 Å². The van der Waals surface area contributed by atoms with Crippen molar-refractivity contribution in [3.63, 3.8) is 0 Å². The van der Waals surface area contributed by atoms with Gasteiger partial charge in [-0.15, -0.1) is 0 Å². The van der Waals surface area contributed by atoms with Crippen molar-refractivity contribution in [2.45, 2.75) is 12.4 Å². The number of ether oxygens (including phenoxy) is 1. The van der Waals surface area contributed by atoms with Crippen LogP contribution < -0.4 is 15.1 Å². The zero-order valence-corrected chi connectivity index (χ0v) is 18.4. The minimum Gasteiger partial charge on any atom is -0.378 e. The molecule has 4 rings (SSSR count). The molecule has 0 bridgehead atoms. The monoisotopic (exact) mass is 504 g/mol. The first-order valence-electron chi connectivity index (χ1n) is 10.8. The lowest BCUT2D eigenvalue weighted by Crippen LogP contribution is -2.50. The lowest BCUT2D eigenvalue weighted by atomic mass is 10.1. The molecule has 190 valence electrons. The van der Waals surface area contributed by atoms with Crippen LogP contribution in [-0.2, 0) is 17.1 Å². The van der Waals surface area contributed by atoms with Gasteiger partial charge >= 0.3 is 18.4 Å². The first kappa shape index (κ1) is 24.8. The second kappa shape index (κ2) is 9.76. The number of urea groups is 1. The Hall–Kier alpha value is -3.29. The molecule has 1 aromatic heterocycles. The highest BCUT2D eigenvalue weighted by Crippen LogP contribution is 2.37. The molecule has 0 spiro atoms. The van der Waals surface area contributed by atoms with Crippen LogP contribution in [0.1, 0.15) is 11.1 Å². The van der Waals surface area contributed by atoms with Crippen molar-refractivity contribution in [2.75, 3.05) is 67.6 Å². The number of morpholine rings is 1. The molecule has 2 amide bonds. The van der Waals surface area contributed by atoms with E-state index in [9.17, 15) is 31.1 Å². The number of nitrogens with one attached hydrogen (secondary N) is 1. The summed E-state index contributed by atoms with van der Waals surface area (Å²) in [5.74, 6) is 1.41. The van der Waals surface area contributed by atoms with Crippen LogP contribution in [0.15, 0.2) is 30.6 Å². The van der Waals surface area contributed by atoms with Crippen LogP contribution in [-0.4, -0.2) is 73.4 Å². The normalized spacial score (nSPS) is 17.5. The number of anilines is 3. The molecule has 3 heterocycles. The van der Waals surface area contributed by atoms with Gasteiger partial charge in [0.15, 0.2) is 0 Å². The number of hydrogen-bond acceptors (Lipinski definition) is 6. The van der Waals surface area contributed by atoms with Crippen LogP contribution in [0.5, 0.6) is 0 Å². The lowest BCUT2D eigenvalue weighted by Gasteiger charge is -2.36. The molecule has 8 nitrogen and oxygen atoms in total. The predicted octanol–water partition coefficient (Wildman–Crippen LogP) is 3.70. The molecule has 0 atom stereocenters. The van der Waals surface area contributed by atoms with E-state index in [4.69, 9.17) is 4.74 Å². The minimum absolute atomic E-state index is 0.0152. The van der Waals surface area contributed by atoms with Crippen molar-refractivity contribution in [3.05, 3.63) is 41.7 Å². The average Bonchev–Trinajstić information content (AvgIpc) is 2.83. The number of halogens is 6. The number of benzene rings is 1. The van der Waals surface area contributed by atoms with E-state index in [1.165, 1.54) is 11.2 Å². The quantitative estimate of drug-likeness (QED) is 0.643. The van der Waals surface area contributed by atoms with Crippen molar-refractivity contribution < 1.29 is 35.9 Å². The summed E-state index contributed by atoms with van der Waals surface area (Å²) in [6, 6.07) is 2.03. The fourth-order valence-electron chi connectivity index (χ4n) is 3.84. The fraction of sp³-hybridized carbons (Fsp3) is 0.476. The molecule has 2 aromatic rings. The first-order valence-corrected chi connectivity index (χ1v) is 10.8. The standard InChI is InChI=1S/C21H22F6N6O2/c22-20(23,24)14-9-15(21(25,26)27)11-16(10-14)30-19(34)33-3-1-31(2-4-33)17-12-18(29-13-28-17)32-5-7-35-8-6-32/h9-13H,1-8H2,(H,30,34). The summed E-state index contributed by atoms with van der Waals surface area (Å²) in [5.41, 5.74) is -3.56. The van der Waals surface area contributed by atoms with Gasteiger partial charge in [0.25, 0.3) is 0 Å². The van der Waals surface area contributed by atoms with Crippen LogP contribution in [0, 0.1) is 0 Å². The van der Waals surface area contributed by atoms with Gasteiger partial charge in [-0.1, -0.05) is 0 Å². The highest BCUT2D eigenvalue weighted by molar-refractivity contribution is 5.89. The number of carbonyl (C=O) groups is 1. The zero-order chi connectivity index (χ0) is 25.2. The number of amides is 2. The Morgan fingerprint density at radius 3 is 1.80 bits per heavy atom. The Morgan fingerprint density at radius 2 is 1.29 bits per heavy atom. The van der Waals surface area contributed by atoms with Gasteiger partial charge in [0, 0.05) is 51.0 Å². The molecule has 14 heteroatoms. The smallest absolute Gasteiger partial charge is 0.378 e. The minimum atomic E-state index is -5.00. The third-order valence-corrected chi connectivity index (χ3v) is 5.70. The molecule has 1 aromatic carbocycles. The number of rotatable bonds is 3. The largest absolute Gasteiger partial charge is 0.416 e. The summed E-state index contributed by atoms with van der Waals surface area (Å²) >= 11 is 0. The Bertz CT molecular complexity index is 1020. The van der Waals surface area contributed by atoms with Crippen molar-refractivity contribution in [1.29, 1.82) is 0 Å². The summed E-state index contributed by atoms with van der Waals surface area (Å²) in [7, 11) is 0. The van der Waals surface area contributed by atoms with Crippen LogP contribution in [0.3, 0.4) is 0 Å². The summed E-state index contributed by atoms with van der Waals surface area (Å²) < 4.78 is 83.7. The van der Waals surface area contributed by atoms with E-state index < -0.39 is 35.2 Å². The molecule has 2 saturated heterocycles. The molecule has 0 unspecified atom stereocenters. The second-order valence-corrected chi connectivity index (χ2v) is 8.03. The number of piperazine rings is 1. The van der Waals surface area contributed by atoms with E-state index in [2.05, 4.69) is 20.2 Å². The van der Waals surface area contributed by atoms with Crippen LogP contribution in [0.2, 0.25) is 0 Å². The van der Waals surface area contributed by atoms with Crippen molar-refractivity contribution in [1.82, 2.24) is 14.9 Å². The molecule has 2 aliphatic rings. The first-order chi connectivity index (χ1) is 16.5. The number of alkyl halides is 6. The molecule has 0 saturated carbocycles. The molecule has 0 aliphatic carbocycles. The highest BCUT2D eigenvalue weighted by Gasteiger charge is 2.37. The van der Waals surface area contributed by atoms with Gasteiger partial charge in [0.1, 0.15) is 18.0 Å². The van der Waals surface area contributed by atoms with Crippen molar-refractivity contribution in [3.8, 4) is 0 Å². The summed E-state index contributed by atoms with van der Waals surface area (Å²) in [4.78, 5) is 26.5. The van der Waals surface area contributed by atoms with Crippen LogP contribution in [0.25, 0.3) is 0 Å².